The molecule has 0 heterocycles. The standard InChI is InChI=1S/C26H34F2N2O/c1-29-25(18-19-6-3-2-4-7-19)26(31)30-17-5-8-24(20-9-13-22(27)14-10-20)21-11-15-23(28)16-12-21/h9-16,19,24-25,29H,2-8,17-18H2,1H3,(H,30,31). The Morgan fingerprint density at radius 2 is 1.48 bits per heavy atom. The average Bonchev–Trinajstić information content (AvgIpc) is 2.79. The van der Waals surface area contributed by atoms with Gasteiger partial charge in [0.1, 0.15) is 11.6 Å². The summed E-state index contributed by atoms with van der Waals surface area (Å²) in [6, 6.07) is 12.8. The van der Waals surface area contributed by atoms with Gasteiger partial charge < -0.3 is 10.6 Å². The van der Waals surface area contributed by atoms with Crippen LogP contribution in [0.4, 0.5) is 8.78 Å². The Kier molecular flexibility index (Phi) is 9.01. The van der Waals surface area contributed by atoms with E-state index in [0.29, 0.717) is 12.5 Å². The molecule has 0 bridgehead atoms. The number of rotatable bonds is 10. The maximum atomic E-state index is 13.4. The zero-order chi connectivity index (χ0) is 22.1. The molecule has 0 spiro atoms. The summed E-state index contributed by atoms with van der Waals surface area (Å²) < 4.78 is 26.8. The average molecular weight is 429 g/mol. The van der Waals surface area contributed by atoms with E-state index in [4.69, 9.17) is 0 Å². The second-order valence-corrected chi connectivity index (χ2v) is 8.67. The molecule has 5 heteroatoms. The molecular formula is C26H34F2N2O. The van der Waals surface area contributed by atoms with Crippen LogP contribution in [0, 0.1) is 17.6 Å². The molecule has 1 aliphatic carbocycles. The normalized spacial score (nSPS) is 15.7. The molecule has 1 atom stereocenters. The first-order chi connectivity index (χ1) is 15.1. The van der Waals surface area contributed by atoms with E-state index in [9.17, 15) is 13.6 Å². The van der Waals surface area contributed by atoms with Gasteiger partial charge in [0.2, 0.25) is 5.91 Å². The van der Waals surface area contributed by atoms with Crippen molar-refractivity contribution in [3.8, 4) is 0 Å². The molecule has 0 saturated heterocycles. The highest BCUT2D eigenvalue weighted by atomic mass is 19.1. The Morgan fingerprint density at radius 1 is 0.935 bits per heavy atom. The molecule has 1 aliphatic rings. The summed E-state index contributed by atoms with van der Waals surface area (Å²) in [5.41, 5.74) is 1.98. The summed E-state index contributed by atoms with van der Waals surface area (Å²) in [5.74, 6) is 0.182. The van der Waals surface area contributed by atoms with Crippen LogP contribution in [0.3, 0.4) is 0 Å². The lowest BCUT2D eigenvalue weighted by molar-refractivity contribution is -0.123. The molecular weight excluding hydrogens is 394 g/mol. The number of carbonyl (C=O) groups is 1. The highest BCUT2D eigenvalue weighted by Gasteiger charge is 2.23. The first-order valence-corrected chi connectivity index (χ1v) is 11.5. The van der Waals surface area contributed by atoms with Crippen molar-refractivity contribution in [2.75, 3.05) is 13.6 Å². The van der Waals surface area contributed by atoms with Crippen molar-refractivity contribution in [1.29, 1.82) is 0 Å². The highest BCUT2D eigenvalue weighted by molar-refractivity contribution is 5.81. The lowest BCUT2D eigenvalue weighted by Crippen LogP contribution is -2.44. The lowest BCUT2D eigenvalue weighted by atomic mass is 9.84. The number of benzene rings is 2. The summed E-state index contributed by atoms with van der Waals surface area (Å²) in [4.78, 5) is 12.7. The predicted molar refractivity (Wildman–Crippen MR) is 121 cm³/mol. The van der Waals surface area contributed by atoms with Crippen molar-refractivity contribution in [1.82, 2.24) is 10.6 Å². The largest absolute Gasteiger partial charge is 0.355 e. The maximum Gasteiger partial charge on any atom is 0.237 e. The Bertz CT molecular complexity index is 756. The fourth-order valence-corrected chi connectivity index (χ4v) is 4.67. The number of nitrogens with one attached hydrogen (secondary N) is 2. The third-order valence-electron chi connectivity index (χ3n) is 6.47. The number of hydrogen-bond acceptors (Lipinski definition) is 2. The first kappa shape index (κ1) is 23.4. The number of carbonyl (C=O) groups excluding carboxylic acids is 1. The number of likely N-dealkylation sites (N-methyl/N-ethyl adjacent to an activating group) is 1. The Labute approximate surface area is 184 Å². The van der Waals surface area contributed by atoms with Crippen LogP contribution in [0.5, 0.6) is 0 Å². The third-order valence-corrected chi connectivity index (χ3v) is 6.47. The number of amides is 1. The molecule has 3 nitrogen and oxygen atoms in total. The van der Waals surface area contributed by atoms with E-state index >= 15 is 0 Å². The summed E-state index contributed by atoms with van der Waals surface area (Å²) in [5, 5.41) is 6.26. The molecule has 0 aliphatic heterocycles. The molecule has 0 aromatic heterocycles. The lowest BCUT2D eigenvalue weighted by Gasteiger charge is -2.26. The van der Waals surface area contributed by atoms with Crippen LogP contribution in [-0.4, -0.2) is 25.5 Å². The third kappa shape index (κ3) is 7.13. The van der Waals surface area contributed by atoms with Crippen LogP contribution < -0.4 is 10.6 Å². The summed E-state index contributed by atoms with van der Waals surface area (Å²) >= 11 is 0. The van der Waals surface area contributed by atoms with E-state index in [0.717, 1.165) is 30.4 Å². The van der Waals surface area contributed by atoms with Gasteiger partial charge >= 0.3 is 0 Å². The Morgan fingerprint density at radius 3 is 2.00 bits per heavy atom. The molecule has 2 aromatic carbocycles. The van der Waals surface area contributed by atoms with E-state index in [-0.39, 0.29) is 29.5 Å². The molecule has 31 heavy (non-hydrogen) atoms. The summed E-state index contributed by atoms with van der Waals surface area (Å²) in [7, 11) is 1.85. The van der Waals surface area contributed by atoms with E-state index in [1.807, 2.05) is 7.05 Å². The van der Waals surface area contributed by atoms with Gasteiger partial charge in [0.15, 0.2) is 0 Å². The smallest absolute Gasteiger partial charge is 0.237 e. The van der Waals surface area contributed by atoms with Crippen LogP contribution in [0.2, 0.25) is 0 Å². The number of halogens is 2. The Balaban J connectivity index is 1.54. The highest BCUT2D eigenvalue weighted by Crippen LogP contribution is 2.30. The zero-order valence-electron chi connectivity index (χ0n) is 18.4. The zero-order valence-corrected chi connectivity index (χ0v) is 18.4. The van der Waals surface area contributed by atoms with E-state index in [1.165, 1.54) is 56.4 Å². The molecule has 1 saturated carbocycles. The van der Waals surface area contributed by atoms with Gasteiger partial charge in [-0.1, -0.05) is 56.4 Å². The van der Waals surface area contributed by atoms with Crippen molar-refractivity contribution in [3.05, 3.63) is 71.3 Å². The predicted octanol–water partition coefficient (Wildman–Crippen LogP) is 5.55. The molecule has 2 N–H and O–H groups in total. The SMILES string of the molecule is CNC(CC1CCCCC1)C(=O)NCCCC(c1ccc(F)cc1)c1ccc(F)cc1. The molecule has 2 aromatic rings. The van der Waals surface area contributed by atoms with Gasteiger partial charge in [0, 0.05) is 12.5 Å². The van der Waals surface area contributed by atoms with Crippen LogP contribution in [-0.2, 0) is 4.79 Å². The molecule has 3 rings (SSSR count). The quantitative estimate of drug-likeness (QED) is 0.487. The minimum Gasteiger partial charge on any atom is -0.355 e. The molecule has 1 fully saturated rings. The monoisotopic (exact) mass is 428 g/mol. The maximum absolute atomic E-state index is 13.4. The summed E-state index contributed by atoms with van der Waals surface area (Å²) in [6.07, 6.45) is 8.78. The molecule has 1 amide bonds. The number of hydrogen-bond donors (Lipinski definition) is 2. The second-order valence-electron chi connectivity index (χ2n) is 8.67. The van der Waals surface area contributed by atoms with Crippen molar-refractivity contribution in [3.63, 3.8) is 0 Å². The van der Waals surface area contributed by atoms with Gasteiger partial charge in [-0.25, -0.2) is 8.78 Å². The minimum atomic E-state index is -0.273. The van der Waals surface area contributed by atoms with Crippen molar-refractivity contribution in [2.24, 2.45) is 5.92 Å². The van der Waals surface area contributed by atoms with Crippen LogP contribution in [0.1, 0.15) is 68.4 Å². The van der Waals surface area contributed by atoms with Crippen molar-refractivity contribution < 1.29 is 13.6 Å². The minimum absolute atomic E-state index is 0.0282. The van der Waals surface area contributed by atoms with Gasteiger partial charge in [-0.15, -0.1) is 0 Å². The second kappa shape index (κ2) is 11.9. The fourth-order valence-electron chi connectivity index (χ4n) is 4.67. The van der Waals surface area contributed by atoms with Gasteiger partial charge in [0.25, 0.3) is 0 Å². The summed E-state index contributed by atoms with van der Waals surface area (Å²) in [6.45, 7) is 0.584. The first-order valence-electron chi connectivity index (χ1n) is 11.5. The fraction of sp³-hybridized carbons (Fsp3) is 0.500. The van der Waals surface area contributed by atoms with Gasteiger partial charge in [-0.2, -0.15) is 0 Å². The molecule has 1 unspecified atom stereocenters. The van der Waals surface area contributed by atoms with Gasteiger partial charge in [-0.3, -0.25) is 4.79 Å². The van der Waals surface area contributed by atoms with E-state index in [1.54, 1.807) is 24.3 Å². The van der Waals surface area contributed by atoms with E-state index < -0.39 is 0 Å². The van der Waals surface area contributed by atoms with Crippen LogP contribution in [0.25, 0.3) is 0 Å². The van der Waals surface area contributed by atoms with Gasteiger partial charge in [0.05, 0.1) is 6.04 Å². The van der Waals surface area contributed by atoms with Gasteiger partial charge in [-0.05, 0) is 67.6 Å². The topological polar surface area (TPSA) is 41.1 Å². The molecule has 0 radical (unpaired) electrons. The van der Waals surface area contributed by atoms with Crippen molar-refractivity contribution >= 4 is 5.91 Å². The van der Waals surface area contributed by atoms with Crippen LogP contribution >= 0.6 is 0 Å². The van der Waals surface area contributed by atoms with E-state index in [2.05, 4.69) is 10.6 Å². The van der Waals surface area contributed by atoms with Crippen molar-refractivity contribution in [2.45, 2.75) is 63.3 Å². The Hall–Kier alpha value is -2.27. The molecule has 168 valence electrons. The van der Waals surface area contributed by atoms with Crippen LogP contribution in [0.15, 0.2) is 48.5 Å².